The average Bonchev–Trinajstić information content (AvgIpc) is 2.66. The zero-order valence-electron chi connectivity index (χ0n) is 14.3. The molecule has 7 heteroatoms. The van der Waals surface area contributed by atoms with Gasteiger partial charge in [0.1, 0.15) is 19.0 Å². The van der Waals surface area contributed by atoms with Crippen molar-refractivity contribution >= 4 is 11.9 Å². The molecule has 0 bridgehead atoms. The highest BCUT2D eigenvalue weighted by Gasteiger charge is 2.16. The molecule has 2 aromatic rings. The molecule has 0 radical (unpaired) electrons. The van der Waals surface area contributed by atoms with E-state index in [2.05, 4.69) is 0 Å². The van der Waals surface area contributed by atoms with Gasteiger partial charge in [0.05, 0.1) is 5.56 Å². The molecule has 1 heterocycles. The van der Waals surface area contributed by atoms with Crippen molar-refractivity contribution < 1.29 is 28.9 Å². The van der Waals surface area contributed by atoms with Gasteiger partial charge < -0.3 is 24.2 Å². The minimum atomic E-state index is -0.619. The summed E-state index contributed by atoms with van der Waals surface area (Å²) < 4.78 is 16.0. The van der Waals surface area contributed by atoms with Gasteiger partial charge in [0.2, 0.25) is 0 Å². The largest absolute Gasteiger partial charge is 0.508 e. The summed E-state index contributed by atoms with van der Waals surface area (Å²) in [5.74, 6) is 0.458. The second-order valence-corrected chi connectivity index (χ2v) is 5.85. The molecule has 0 atom stereocenters. The van der Waals surface area contributed by atoms with Gasteiger partial charge in [-0.25, -0.2) is 4.79 Å². The second-order valence-electron chi connectivity index (χ2n) is 5.85. The molecule has 2 aromatic carbocycles. The molecule has 136 valence electrons. The molecule has 0 aliphatic carbocycles. The molecule has 1 amide bonds. The first kappa shape index (κ1) is 17.6. The Morgan fingerprint density at radius 3 is 2.50 bits per heavy atom. The SMILES string of the molecule is CN(Cc1ccc2c(c1)OCCO2)C(=O)COC(=O)c1ccc(O)cc1. The van der Waals surface area contributed by atoms with E-state index in [4.69, 9.17) is 14.2 Å². The quantitative estimate of drug-likeness (QED) is 0.824. The van der Waals surface area contributed by atoms with Crippen molar-refractivity contribution in [2.45, 2.75) is 6.54 Å². The molecule has 0 saturated heterocycles. The number of aromatic hydroxyl groups is 1. The van der Waals surface area contributed by atoms with Gasteiger partial charge in [0.25, 0.3) is 5.91 Å². The number of rotatable bonds is 5. The molecule has 0 unspecified atom stereocenters. The summed E-state index contributed by atoms with van der Waals surface area (Å²) in [6.45, 7) is 1.02. The van der Waals surface area contributed by atoms with E-state index < -0.39 is 5.97 Å². The third-order valence-electron chi connectivity index (χ3n) is 3.88. The standard InChI is InChI=1S/C19H19NO6/c1-20(11-13-2-7-16-17(10-13)25-9-8-24-16)18(22)12-26-19(23)14-3-5-15(21)6-4-14/h2-7,10,21H,8-9,11-12H2,1H3. The second kappa shape index (κ2) is 7.77. The maximum absolute atomic E-state index is 12.2. The monoisotopic (exact) mass is 357 g/mol. The van der Waals surface area contributed by atoms with E-state index in [1.165, 1.54) is 29.2 Å². The highest BCUT2D eigenvalue weighted by atomic mass is 16.6. The third kappa shape index (κ3) is 4.24. The van der Waals surface area contributed by atoms with Crippen LogP contribution in [0.2, 0.25) is 0 Å². The maximum atomic E-state index is 12.2. The molecule has 0 spiro atoms. The predicted octanol–water partition coefficient (Wildman–Crippen LogP) is 1.98. The van der Waals surface area contributed by atoms with Crippen LogP contribution in [0.15, 0.2) is 42.5 Å². The molecule has 3 rings (SSSR count). The number of nitrogens with zero attached hydrogens (tertiary/aromatic N) is 1. The Hall–Kier alpha value is -3.22. The Labute approximate surface area is 150 Å². The van der Waals surface area contributed by atoms with Crippen molar-refractivity contribution in [2.75, 3.05) is 26.9 Å². The summed E-state index contributed by atoms with van der Waals surface area (Å²) in [7, 11) is 1.63. The molecule has 7 nitrogen and oxygen atoms in total. The molecular formula is C19H19NO6. The summed E-state index contributed by atoms with van der Waals surface area (Å²) in [6.07, 6.45) is 0. The van der Waals surface area contributed by atoms with Crippen LogP contribution in [-0.2, 0) is 16.1 Å². The molecule has 26 heavy (non-hydrogen) atoms. The lowest BCUT2D eigenvalue weighted by atomic mass is 10.2. The summed E-state index contributed by atoms with van der Waals surface area (Å²) >= 11 is 0. The smallest absolute Gasteiger partial charge is 0.338 e. The van der Waals surface area contributed by atoms with E-state index in [0.717, 1.165) is 5.56 Å². The number of benzene rings is 2. The Balaban J connectivity index is 1.53. The number of hydrogen-bond donors (Lipinski definition) is 1. The van der Waals surface area contributed by atoms with E-state index >= 15 is 0 Å². The Bertz CT molecular complexity index is 802. The van der Waals surface area contributed by atoms with Crippen molar-refractivity contribution in [1.82, 2.24) is 4.90 Å². The lowest BCUT2D eigenvalue weighted by molar-refractivity contribution is -0.133. The molecular weight excluding hydrogens is 338 g/mol. The number of fused-ring (bicyclic) bond motifs is 1. The molecule has 0 saturated carbocycles. The fourth-order valence-electron chi connectivity index (χ4n) is 2.47. The zero-order valence-corrected chi connectivity index (χ0v) is 14.3. The Morgan fingerprint density at radius 1 is 1.08 bits per heavy atom. The van der Waals surface area contributed by atoms with Gasteiger partial charge in [0, 0.05) is 13.6 Å². The molecule has 0 aromatic heterocycles. The summed E-state index contributed by atoms with van der Waals surface area (Å²) in [5.41, 5.74) is 1.15. The highest BCUT2D eigenvalue weighted by molar-refractivity contribution is 5.91. The summed E-state index contributed by atoms with van der Waals surface area (Å²) in [5, 5.41) is 9.21. The number of hydrogen-bond acceptors (Lipinski definition) is 6. The van der Waals surface area contributed by atoms with E-state index in [0.29, 0.717) is 31.3 Å². The number of phenols is 1. The normalized spacial score (nSPS) is 12.3. The van der Waals surface area contributed by atoms with E-state index in [1.54, 1.807) is 7.05 Å². The summed E-state index contributed by atoms with van der Waals surface area (Å²) in [6, 6.07) is 11.1. The summed E-state index contributed by atoms with van der Waals surface area (Å²) in [4.78, 5) is 25.5. The van der Waals surface area contributed by atoms with Crippen molar-refractivity contribution in [2.24, 2.45) is 0 Å². The minimum Gasteiger partial charge on any atom is -0.508 e. The first-order chi connectivity index (χ1) is 12.5. The van der Waals surface area contributed by atoms with Crippen LogP contribution in [0.1, 0.15) is 15.9 Å². The maximum Gasteiger partial charge on any atom is 0.338 e. The van der Waals surface area contributed by atoms with Gasteiger partial charge in [-0.2, -0.15) is 0 Å². The van der Waals surface area contributed by atoms with E-state index in [-0.39, 0.29) is 23.8 Å². The van der Waals surface area contributed by atoms with Gasteiger partial charge in [-0.3, -0.25) is 4.79 Å². The number of carbonyl (C=O) groups is 2. The van der Waals surface area contributed by atoms with Crippen LogP contribution in [-0.4, -0.2) is 48.8 Å². The predicted molar refractivity (Wildman–Crippen MR) is 92.3 cm³/mol. The Morgan fingerprint density at radius 2 is 1.77 bits per heavy atom. The first-order valence-electron chi connectivity index (χ1n) is 8.11. The van der Waals surface area contributed by atoms with Crippen molar-refractivity contribution in [3.05, 3.63) is 53.6 Å². The zero-order chi connectivity index (χ0) is 18.5. The average molecular weight is 357 g/mol. The Kier molecular flexibility index (Phi) is 5.26. The van der Waals surface area contributed by atoms with Gasteiger partial charge in [-0.15, -0.1) is 0 Å². The number of phenolic OH excluding ortho intramolecular Hbond substituents is 1. The van der Waals surface area contributed by atoms with Crippen molar-refractivity contribution in [3.63, 3.8) is 0 Å². The van der Waals surface area contributed by atoms with Gasteiger partial charge >= 0.3 is 5.97 Å². The minimum absolute atomic E-state index is 0.0526. The molecule has 0 fully saturated rings. The van der Waals surface area contributed by atoms with Crippen LogP contribution < -0.4 is 9.47 Å². The van der Waals surface area contributed by atoms with E-state index in [1.807, 2.05) is 18.2 Å². The van der Waals surface area contributed by atoms with Gasteiger partial charge in [0.15, 0.2) is 18.1 Å². The number of esters is 1. The number of ether oxygens (including phenoxy) is 3. The van der Waals surface area contributed by atoms with Crippen LogP contribution in [0.5, 0.6) is 17.2 Å². The first-order valence-corrected chi connectivity index (χ1v) is 8.11. The van der Waals surface area contributed by atoms with Crippen LogP contribution in [0.4, 0.5) is 0 Å². The fraction of sp³-hybridized carbons (Fsp3) is 0.263. The number of carbonyl (C=O) groups excluding carboxylic acids is 2. The van der Waals surface area contributed by atoms with Crippen LogP contribution in [0.25, 0.3) is 0 Å². The topological polar surface area (TPSA) is 85.3 Å². The van der Waals surface area contributed by atoms with Crippen LogP contribution in [0.3, 0.4) is 0 Å². The van der Waals surface area contributed by atoms with Gasteiger partial charge in [-0.1, -0.05) is 6.07 Å². The van der Waals surface area contributed by atoms with Crippen molar-refractivity contribution in [3.8, 4) is 17.2 Å². The van der Waals surface area contributed by atoms with E-state index in [9.17, 15) is 14.7 Å². The van der Waals surface area contributed by atoms with Crippen LogP contribution >= 0.6 is 0 Å². The molecule has 1 N–H and O–H groups in total. The molecule has 1 aliphatic heterocycles. The van der Waals surface area contributed by atoms with Crippen LogP contribution in [0, 0.1) is 0 Å². The lowest BCUT2D eigenvalue weighted by Crippen LogP contribution is -2.30. The highest BCUT2D eigenvalue weighted by Crippen LogP contribution is 2.31. The van der Waals surface area contributed by atoms with Gasteiger partial charge in [-0.05, 0) is 42.0 Å². The fourth-order valence-corrected chi connectivity index (χ4v) is 2.47. The van der Waals surface area contributed by atoms with Crippen molar-refractivity contribution in [1.29, 1.82) is 0 Å². The third-order valence-corrected chi connectivity index (χ3v) is 3.88. The molecule has 1 aliphatic rings. The number of amides is 1. The lowest BCUT2D eigenvalue weighted by Gasteiger charge is -2.21. The number of likely N-dealkylation sites (N-methyl/N-ethyl adjacent to an activating group) is 1.